The van der Waals surface area contributed by atoms with Crippen molar-refractivity contribution in [3.8, 4) is 11.5 Å². The zero-order valence-electron chi connectivity index (χ0n) is 17.4. The topological polar surface area (TPSA) is 103 Å². The van der Waals surface area contributed by atoms with Crippen LogP contribution in [-0.2, 0) is 14.3 Å². The van der Waals surface area contributed by atoms with Crippen molar-refractivity contribution in [2.24, 2.45) is 5.92 Å². The van der Waals surface area contributed by atoms with Crippen molar-refractivity contribution in [1.82, 2.24) is 10.6 Å². The Balaban J connectivity index is 1.82. The summed E-state index contributed by atoms with van der Waals surface area (Å²) in [4.78, 5) is 36.6. The van der Waals surface area contributed by atoms with Crippen LogP contribution in [-0.4, -0.2) is 50.7 Å². The van der Waals surface area contributed by atoms with E-state index in [1.54, 1.807) is 6.07 Å². The van der Waals surface area contributed by atoms with Crippen LogP contribution < -0.4 is 20.1 Å². The average molecular weight is 406 g/mol. The summed E-state index contributed by atoms with van der Waals surface area (Å²) >= 11 is 0. The number of carbonyl (C=O) groups is 3. The number of amides is 2. The van der Waals surface area contributed by atoms with Crippen LogP contribution in [0.3, 0.4) is 0 Å². The summed E-state index contributed by atoms with van der Waals surface area (Å²) in [5.74, 6) is -0.158. The molecule has 3 atom stereocenters. The highest BCUT2D eigenvalue weighted by Gasteiger charge is 2.26. The van der Waals surface area contributed by atoms with Gasteiger partial charge in [0.25, 0.3) is 11.8 Å². The molecule has 1 aliphatic rings. The van der Waals surface area contributed by atoms with E-state index >= 15 is 0 Å². The molecule has 0 unspecified atom stereocenters. The summed E-state index contributed by atoms with van der Waals surface area (Å²) in [5.41, 5.74) is 0.283. The lowest BCUT2D eigenvalue weighted by molar-refractivity contribution is -0.154. The first kappa shape index (κ1) is 22.5. The van der Waals surface area contributed by atoms with Crippen molar-refractivity contribution in [2.75, 3.05) is 20.8 Å². The highest BCUT2D eigenvalue weighted by atomic mass is 16.5. The van der Waals surface area contributed by atoms with Gasteiger partial charge in [-0.25, -0.2) is 0 Å². The fraction of sp³-hybridized carbons (Fsp3) is 0.571. The van der Waals surface area contributed by atoms with Crippen LogP contribution in [0.1, 0.15) is 49.9 Å². The van der Waals surface area contributed by atoms with Crippen LogP contribution in [0.15, 0.2) is 18.2 Å². The van der Waals surface area contributed by atoms with Crippen molar-refractivity contribution >= 4 is 17.8 Å². The minimum atomic E-state index is -0.926. The van der Waals surface area contributed by atoms with Crippen LogP contribution in [0, 0.1) is 5.92 Å². The van der Waals surface area contributed by atoms with Crippen molar-refractivity contribution < 1.29 is 28.6 Å². The van der Waals surface area contributed by atoms with Gasteiger partial charge in [0.15, 0.2) is 6.10 Å². The van der Waals surface area contributed by atoms with E-state index in [0.717, 1.165) is 19.3 Å². The quantitative estimate of drug-likeness (QED) is 0.641. The zero-order chi connectivity index (χ0) is 21.4. The van der Waals surface area contributed by atoms with E-state index in [2.05, 4.69) is 17.6 Å². The van der Waals surface area contributed by atoms with Crippen LogP contribution in [0.4, 0.5) is 0 Å². The standard InChI is InChI=1S/C21H30N2O6/c1-13-7-5-6-8-18(13)23-20(25)14(2)29-19(24)12-22-21(26)15-9-16(27-3)11-17(10-15)28-4/h9-11,13-14,18H,5-8,12H2,1-4H3,(H,22,26)(H,23,25)/t13-,14+,18-/m0/s1. The van der Waals surface area contributed by atoms with Crippen molar-refractivity contribution in [3.05, 3.63) is 23.8 Å². The summed E-state index contributed by atoms with van der Waals surface area (Å²) in [5, 5.41) is 5.44. The Labute approximate surface area is 171 Å². The Morgan fingerprint density at radius 2 is 1.69 bits per heavy atom. The second kappa shape index (κ2) is 10.7. The van der Waals surface area contributed by atoms with E-state index in [1.807, 2.05) is 0 Å². The third-order valence-electron chi connectivity index (χ3n) is 5.12. The number of hydrogen-bond donors (Lipinski definition) is 2. The van der Waals surface area contributed by atoms with Gasteiger partial charge in [-0.3, -0.25) is 14.4 Å². The molecule has 2 rings (SSSR count). The number of esters is 1. The molecule has 0 aliphatic heterocycles. The Bertz CT molecular complexity index is 714. The van der Waals surface area contributed by atoms with Crippen molar-refractivity contribution in [2.45, 2.75) is 51.7 Å². The fourth-order valence-electron chi connectivity index (χ4n) is 3.32. The number of carbonyl (C=O) groups excluding carboxylic acids is 3. The fourth-order valence-corrected chi connectivity index (χ4v) is 3.32. The van der Waals surface area contributed by atoms with Gasteiger partial charge in [-0.1, -0.05) is 19.8 Å². The smallest absolute Gasteiger partial charge is 0.326 e. The van der Waals surface area contributed by atoms with Gasteiger partial charge in [0, 0.05) is 17.7 Å². The maximum Gasteiger partial charge on any atom is 0.326 e. The molecule has 2 amide bonds. The molecular weight excluding hydrogens is 376 g/mol. The predicted octanol–water partition coefficient (Wildman–Crippen LogP) is 2.06. The van der Waals surface area contributed by atoms with Gasteiger partial charge in [0.05, 0.1) is 14.2 Å². The number of benzene rings is 1. The van der Waals surface area contributed by atoms with E-state index in [-0.39, 0.29) is 24.1 Å². The second-order valence-electron chi connectivity index (χ2n) is 7.29. The summed E-state index contributed by atoms with van der Waals surface area (Å²) in [7, 11) is 2.96. The molecule has 8 heteroatoms. The van der Waals surface area contributed by atoms with Gasteiger partial charge in [-0.15, -0.1) is 0 Å². The van der Waals surface area contributed by atoms with E-state index in [4.69, 9.17) is 14.2 Å². The third kappa shape index (κ3) is 6.66. The Morgan fingerprint density at radius 3 is 2.28 bits per heavy atom. The SMILES string of the molecule is COc1cc(OC)cc(C(=O)NCC(=O)O[C@H](C)C(=O)N[C@H]2CCCC[C@@H]2C)c1. The van der Waals surface area contributed by atoms with Crippen molar-refractivity contribution in [3.63, 3.8) is 0 Å². The van der Waals surface area contributed by atoms with Gasteiger partial charge in [-0.05, 0) is 37.8 Å². The third-order valence-corrected chi connectivity index (χ3v) is 5.12. The monoisotopic (exact) mass is 406 g/mol. The lowest BCUT2D eigenvalue weighted by atomic mass is 9.86. The minimum absolute atomic E-state index is 0.111. The molecule has 0 spiro atoms. The second-order valence-corrected chi connectivity index (χ2v) is 7.29. The minimum Gasteiger partial charge on any atom is -0.497 e. The molecule has 1 fully saturated rings. The molecule has 8 nitrogen and oxygen atoms in total. The number of ether oxygens (including phenoxy) is 3. The van der Waals surface area contributed by atoms with E-state index in [1.165, 1.54) is 39.7 Å². The van der Waals surface area contributed by atoms with Gasteiger partial charge in [0.2, 0.25) is 0 Å². The van der Waals surface area contributed by atoms with E-state index < -0.39 is 18.0 Å². The first-order valence-electron chi connectivity index (χ1n) is 9.85. The Morgan fingerprint density at radius 1 is 1.07 bits per heavy atom. The predicted molar refractivity (Wildman–Crippen MR) is 107 cm³/mol. The maximum atomic E-state index is 12.3. The molecule has 0 heterocycles. The average Bonchev–Trinajstić information content (AvgIpc) is 2.72. The first-order valence-corrected chi connectivity index (χ1v) is 9.85. The molecule has 29 heavy (non-hydrogen) atoms. The number of methoxy groups -OCH3 is 2. The van der Waals surface area contributed by atoms with Crippen LogP contribution in [0.5, 0.6) is 11.5 Å². The molecule has 0 saturated heterocycles. The van der Waals surface area contributed by atoms with Crippen LogP contribution in [0.25, 0.3) is 0 Å². The zero-order valence-corrected chi connectivity index (χ0v) is 17.4. The van der Waals surface area contributed by atoms with Crippen LogP contribution in [0.2, 0.25) is 0 Å². The van der Waals surface area contributed by atoms with Gasteiger partial charge in [0.1, 0.15) is 18.0 Å². The molecule has 1 aromatic carbocycles. The highest BCUT2D eigenvalue weighted by molar-refractivity contribution is 5.97. The highest BCUT2D eigenvalue weighted by Crippen LogP contribution is 2.24. The summed E-state index contributed by atoms with van der Waals surface area (Å²) in [6, 6.07) is 4.81. The lowest BCUT2D eigenvalue weighted by Gasteiger charge is -2.30. The molecule has 160 valence electrons. The normalized spacial score (nSPS) is 19.6. The summed E-state index contributed by atoms with van der Waals surface area (Å²) in [6.45, 7) is 3.29. The molecule has 1 aromatic rings. The number of hydrogen-bond acceptors (Lipinski definition) is 6. The van der Waals surface area contributed by atoms with Crippen LogP contribution >= 0.6 is 0 Å². The lowest BCUT2D eigenvalue weighted by Crippen LogP contribution is -2.46. The van der Waals surface area contributed by atoms with Gasteiger partial charge < -0.3 is 24.8 Å². The molecular formula is C21H30N2O6. The van der Waals surface area contributed by atoms with Gasteiger partial charge in [-0.2, -0.15) is 0 Å². The molecule has 2 N–H and O–H groups in total. The van der Waals surface area contributed by atoms with E-state index in [0.29, 0.717) is 17.4 Å². The summed E-state index contributed by atoms with van der Waals surface area (Å²) in [6.07, 6.45) is 3.36. The first-order chi connectivity index (χ1) is 13.8. The van der Waals surface area contributed by atoms with Crippen molar-refractivity contribution in [1.29, 1.82) is 0 Å². The number of rotatable bonds is 8. The van der Waals surface area contributed by atoms with Gasteiger partial charge >= 0.3 is 5.97 Å². The number of nitrogens with one attached hydrogen (secondary N) is 2. The molecule has 0 radical (unpaired) electrons. The molecule has 1 aliphatic carbocycles. The molecule has 0 aromatic heterocycles. The largest absolute Gasteiger partial charge is 0.497 e. The Kier molecular flexibility index (Phi) is 8.30. The summed E-state index contributed by atoms with van der Waals surface area (Å²) < 4.78 is 15.4. The van der Waals surface area contributed by atoms with E-state index in [9.17, 15) is 14.4 Å². The molecule has 0 bridgehead atoms. The molecule has 1 saturated carbocycles. The Hall–Kier alpha value is -2.77. The maximum absolute atomic E-state index is 12.3.